The zero-order chi connectivity index (χ0) is 11.0. The predicted molar refractivity (Wildman–Crippen MR) is 57.7 cm³/mol. The number of hydrogen-bond donors (Lipinski definition) is 1. The van der Waals surface area contributed by atoms with Gasteiger partial charge < -0.3 is 5.73 Å². The normalized spacial score (nSPS) is 23.9. The molecule has 0 bridgehead atoms. The quantitative estimate of drug-likeness (QED) is 0.607. The summed E-state index contributed by atoms with van der Waals surface area (Å²) in [4.78, 5) is 10.6. The number of aryl methyl sites for hydroxylation is 1. The van der Waals surface area contributed by atoms with Crippen molar-refractivity contribution in [2.45, 2.75) is 19.3 Å². The topological polar surface area (TPSA) is 69.2 Å². The van der Waals surface area contributed by atoms with Gasteiger partial charge >= 0.3 is 0 Å². The van der Waals surface area contributed by atoms with Crippen molar-refractivity contribution in [1.29, 1.82) is 0 Å². The molecule has 0 spiro atoms. The van der Waals surface area contributed by atoms with Crippen LogP contribution in [0.2, 0.25) is 0 Å². The Labute approximate surface area is 88.2 Å². The molecule has 0 radical (unpaired) electrons. The van der Waals surface area contributed by atoms with Crippen LogP contribution in [0, 0.1) is 23.0 Å². The minimum Gasteiger partial charge on any atom is -0.330 e. The highest BCUT2D eigenvalue weighted by atomic mass is 16.6. The number of benzene rings is 1. The fraction of sp³-hybridized carbons (Fsp3) is 0.455. The Kier molecular flexibility index (Phi) is 2.44. The van der Waals surface area contributed by atoms with Gasteiger partial charge in [0, 0.05) is 11.6 Å². The van der Waals surface area contributed by atoms with Crippen molar-refractivity contribution in [1.82, 2.24) is 0 Å². The lowest BCUT2D eigenvalue weighted by Gasteiger charge is -2.05. The summed E-state index contributed by atoms with van der Waals surface area (Å²) in [7, 11) is 0. The lowest BCUT2D eigenvalue weighted by Crippen LogP contribution is -2.04. The van der Waals surface area contributed by atoms with E-state index in [2.05, 4.69) is 0 Å². The third kappa shape index (κ3) is 1.72. The molecule has 0 aromatic heterocycles. The molecule has 1 aromatic carbocycles. The van der Waals surface area contributed by atoms with Crippen LogP contribution in [-0.2, 0) is 0 Å². The van der Waals surface area contributed by atoms with Crippen LogP contribution in [0.4, 0.5) is 5.69 Å². The Morgan fingerprint density at radius 1 is 1.60 bits per heavy atom. The number of nitro groups is 1. The minimum absolute atomic E-state index is 0.246. The maximum Gasteiger partial charge on any atom is 0.273 e. The monoisotopic (exact) mass is 206 g/mol. The number of nitro benzene ring substituents is 1. The largest absolute Gasteiger partial charge is 0.330 e. The molecular weight excluding hydrogens is 192 g/mol. The molecule has 0 aliphatic heterocycles. The summed E-state index contributed by atoms with van der Waals surface area (Å²) in [5, 5.41) is 10.9. The Bertz CT molecular complexity index is 404. The average Bonchev–Trinajstić information content (AvgIpc) is 2.96. The van der Waals surface area contributed by atoms with Crippen LogP contribution >= 0.6 is 0 Å². The predicted octanol–water partition coefficient (Wildman–Crippen LogP) is 1.97. The van der Waals surface area contributed by atoms with Crippen LogP contribution < -0.4 is 5.73 Å². The van der Waals surface area contributed by atoms with Crippen LogP contribution in [0.3, 0.4) is 0 Å². The smallest absolute Gasteiger partial charge is 0.273 e. The molecule has 4 nitrogen and oxygen atoms in total. The van der Waals surface area contributed by atoms with Crippen LogP contribution in [-0.4, -0.2) is 11.5 Å². The van der Waals surface area contributed by atoms with E-state index >= 15 is 0 Å². The molecule has 15 heavy (non-hydrogen) atoms. The van der Waals surface area contributed by atoms with Crippen molar-refractivity contribution >= 4 is 5.69 Å². The fourth-order valence-electron chi connectivity index (χ4n) is 2.17. The van der Waals surface area contributed by atoms with E-state index in [9.17, 15) is 10.1 Å². The zero-order valence-electron chi connectivity index (χ0n) is 8.64. The van der Waals surface area contributed by atoms with Gasteiger partial charge in [-0.2, -0.15) is 0 Å². The number of hydrogen-bond acceptors (Lipinski definition) is 3. The van der Waals surface area contributed by atoms with Crippen molar-refractivity contribution in [3.8, 4) is 0 Å². The molecule has 0 saturated heterocycles. The summed E-state index contributed by atoms with van der Waals surface area (Å²) in [6.45, 7) is 2.55. The molecule has 0 amide bonds. The van der Waals surface area contributed by atoms with Gasteiger partial charge in [0.05, 0.1) is 4.92 Å². The fourth-order valence-corrected chi connectivity index (χ4v) is 2.17. The second kappa shape index (κ2) is 3.62. The SMILES string of the molecule is Cc1cccc([N+](=O)[O-])c1C1CC1CN. The van der Waals surface area contributed by atoms with Crippen molar-refractivity contribution in [3.63, 3.8) is 0 Å². The lowest BCUT2D eigenvalue weighted by molar-refractivity contribution is -0.385. The molecule has 1 fully saturated rings. The Hall–Kier alpha value is -1.42. The van der Waals surface area contributed by atoms with Gasteiger partial charge in [0.15, 0.2) is 0 Å². The summed E-state index contributed by atoms with van der Waals surface area (Å²) in [6, 6.07) is 5.24. The van der Waals surface area contributed by atoms with E-state index in [1.54, 1.807) is 12.1 Å². The highest BCUT2D eigenvalue weighted by molar-refractivity contribution is 5.49. The summed E-state index contributed by atoms with van der Waals surface area (Å²) >= 11 is 0. The molecule has 1 aliphatic carbocycles. The van der Waals surface area contributed by atoms with Gasteiger partial charge in [-0.1, -0.05) is 12.1 Å². The van der Waals surface area contributed by atoms with Crippen LogP contribution in [0.1, 0.15) is 23.5 Å². The van der Waals surface area contributed by atoms with Gasteiger partial charge in [0.2, 0.25) is 0 Å². The van der Waals surface area contributed by atoms with Crippen molar-refractivity contribution in [3.05, 3.63) is 39.4 Å². The molecule has 4 heteroatoms. The molecule has 1 aliphatic rings. The van der Waals surface area contributed by atoms with E-state index < -0.39 is 0 Å². The van der Waals surface area contributed by atoms with Crippen LogP contribution in [0.15, 0.2) is 18.2 Å². The zero-order valence-corrected chi connectivity index (χ0v) is 8.64. The number of nitrogens with zero attached hydrogens (tertiary/aromatic N) is 1. The first-order chi connectivity index (χ1) is 7.15. The molecule has 2 unspecified atom stereocenters. The third-order valence-electron chi connectivity index (χ3n) is 3.09. The van der Waals surface area contributed by atoms with E-state index in [1.165, 1.54) is 0 Å². The van der Waals surface area contributed by atoms with Crippen LogP contribution in [0.25, 0.3) is 0 Å². The second-order valence-corrected chi connectivity index (χ2v) is 4.10. The standard InChI is InChI=1S/C11H14N2O2/c1-7-3-2-4-10(13(14)15)11(7)9-5-8(9)6-12/h2-4,8-9H,5-6,12H2,1H3. The molecule has 80 valence electrons. The first-order valence-corrected chi connectivity index (χ1v) is 5.09. The second-order valence-electron chi connectivity index (χ2n) is 4.10. The van der Waals surface area contributed by atoms with Gasteiger partial charge in [-0.25, -0.2) is 0 Å². The summed E-state index contributed by atoms with van der Waals surface area (Å²) in [6.07, 6.45) is 0.988. The van der Waals surface area contributed by atoms with Crippen LogP contribution in [0.5, 0.6) is 0 Å². The molecule has 2 N–H and O–H groups in total. The Morgan fingerprint density at radius 3 is 2.87 bits per heavy atom. The summed E-state index contributed by atoms with van der Waals surface area (Å²) in [5.41, 5.74) is 7.71. The molecule has 2 rings (SSSR count). The van der Waals surface area contributed by atoms with Gasteiger partial charge in [-0.3, -0.25) is 10.1 Å². The summed E-state index contributed by atoms with van der Waals surface area (Å²) < 4.78 is 0. The van der Waals surface area contributed by atoms with Crippen molar-refractivity contribution in [2.24, 2.45) is 11.7 Å². The maximum absolute atomic E-state index is 10.9. The maximum atomic E-state index is 10.9. The number of nitrogens with two attached hydrogens (primary N) is 1. The Morgan fingerprint density at radius 2 is 2.33 bits per heavy atom. The van der Waals surface area contributed by atoms with Gasteiger partial charge in [-0.15, -0.1) is 0 Å². The first-order valence-electron chi connectivity index (χ1n) is 5.09. The van der Waals surface area contributed by atoms with E-state index in [0.29, 0.717) is 18.4 Å². The average molecular weight is 206 g/mol. The molecule has 2 atom stereocenters. The lowest BCUT2D eigenvalue weighted by atomic mass is 10.0. The summed E-state index contributed by atoms with van der Waals surface area (Å²) in [5.74, 6) is 0.737. The van der Waals surface area contributed by atoms with E-state index in [4.69, 9.17) is 5.73 Å². The minimum atomic E-state index is -0.297. The van der Waals surface area contributed by atoms with Crippen molar-refractivity contribution < 1.29 is 4.92 Å². The van der Waals surface area contributed by atoms with E-state index in [1.807, 2.05) is 13.0 Å². The Balaban J connectivity index is 2.40. The van der Waals surface area contributed by atoms with E-state index in [-0.39, 0.29) is 10.6 Å². The van der Waals surface area contributed by atoms with Gasteiger partial charge in [-0.05, 0) is 37.3 Å². The first kappa shape index (κ1) is 10.1. The molecule has 1 saturated carbocycles. The molecule has 1 aromatic rings. The van der Waals surface area contributed by atoms with Crippen molar-refractivity contribution in [2.75, 3.05) is 6.54 Å². The van der Waals surface area contributed by atoms with E-state index in [0.717, 1.165) is 17.5 Å². The number of rotatable bonds is 3. The molecule has 0 heterocycles. The molecular formula is C11H14N2O2. The van der Waals surface area contributed by atoms with Gasteiger partial charge in [0.1, 0.15) is 0 Å². The van der Waals surface area contributed by atoms with Gasteiger partial charge in [0.25, 0.3) is 5.69 Å². The third-order valence-corrected chi connectivity index (χ3v) is 3.09. The highest BCUT2D eigenvalue weighted by Gasteiger charge is 2.41. The highest BCUT2D eigenvalue weighted by Crippen LogP contribution is 2.50.